The van der Waals surface area contributed by atoms with Crippen molar-refractivity contribution in [2.45, 2.75) is 13.0 Å². The fourth-order valence-corrected chi connectivity index (χ4v) is 4.25. The smallest absolute Gasteiger partial charge is 0.302 e. The summed E-state index contributed by atoms with van der Waals surface area (Å²) in [5.74, 6) is 0.578. The molecule has 1 atom stereocenters. The maximum absolute atomic E-state index is 13.2. The average molecular weight is 496 g/mol. The summed E-state index contributed by atoms with van der Waals surface area (Å²) in [4.78, 5) is 22.4. The Bertz CT molecular complexity index is 1400. The van der Waals surface area contributed by atoms with Crippen LogP contribution in [0.5, 0.6) is 5.75 Å². The molecule has 4 aromatic rings. The molecule has 3 heterocycles. The van der Waals surface area contributed by atoms with Crippen LogP contribution < -0.4 is 20.7 Å². The minimum absolute atomic E-state index is 0.265. The number of hydrogen-bond donors (Lipinski definition) is 3. The van der Waals surface area contributed by atoms with Gasteiger partial charge in [-0.25, -0.2) is 4.99 Å². The van der Waals surface area contributed by atoms with Crippen LogP contribution in [-0.2, 0) is 4.79 Å². The Morgan fingerprint density at radius 2 is 2.12 bits per heavy atom. The highest BCUT2D eigenvalue weighted by Gasteiger charge is 2.31. The molecule has 0 aliphatic carbocycles. The lowest BCUT2D eigenvalue weighted by Crippen LogP contribution is -2.37. The number of oxazole rings is 1. The molecule has 34 heavy (non-hydrogen) atoms. The van der Waals surface area contributed by atoms with Gasteiger partial charge in [0.05, 0.1) is 12.7 Å². The minimum Gasteiger partial charge on any atom is -0.497 e. The molecule has 2 aromatic carbocycles. The highest BCUT2D eigenvalue weighted by atomic mass is 35.5. The van der Waals surface area contributed by atoms with E-state index < -0.39 is 6.04 Å². The highest BCUT2D eigenvalue weighted by molar-refractivity contribution is 7.13. The van der Waals surface area contributed by atoms with E-state index in [1.54, 1.807) is 32.2 Å². The van der Waals surface area contributed by atoms with Crippen molar-refractivity contribution in [3.05, 3.63) is 69.8 Å². The van der Waals surface area contributed by atoms with E-state index in [0.717, 1.165) is 0 Å². The molecule has 172 valence electrons. The molecule has 0 saturated carbocycles. The Morgan fingerprint density at radius 3 is 2.85 bits per heavy atom. The van der Waals surface area contributed by atoms with Gasteiger partial charge in [-0.1, -0.05) is 41.1 Å². The van der Waals surface area contributed by atoms with Gasteiger partial charge in [-0.05, 0) is 31.2 Å². The highest BCUT2D eigenvalue weighted by Crippen LogP contribution is 2.37. The number of nitrogens with one attached hydrogen (secondary N) is 3. The summed E-state index contributed by atoms with van der Waals surface area (Å²) in [5.41, 5.74) is 4.47. The number of halogens is 1. The maximum Gasteiger partial charge on any atom is 0.302 e. The zero-order valence-electron chi connectivity index (χ0n) is 18.0. The van der Waals surface area contributed by atoms with E-state index in [-0.39, 0.29) is 11.9 Å². The van der Waals surface area contributed by atoms with Crippen molar-refractivity contribution in [3.63, 3.8) is 0 Å². The van der Waals surface area contributed by atoms with Gasteiger partial charge in [-0.3, -0.25) is 15.4 Å². The van der Waals surface area contributed by atoms with Gasteiger partial charge in [0.2, 0.25) is 11.1 Å². The first-order valence-corrected chi connectivity index (χ1v) is 11.4. The summed E-state index contributed by atoms with van der Waals surface area (Å²) >= 11 is 7.79. The van der Waals surface area contributed by atoms with E-state index in [2.05, 4.69) is 31.1 Å². The number of ether oxygens (including phenoxy) is 1. The van der Waals surface area contributed by atoms with Crippen LogP contribution >= 0.6 is 22.9 Å². The zero-order valence-corrected chi connectivity index (χ0v) is 19.6. The number of anilines is 2. The van der Waals surface area contributed by atoms with Crippen molar-refractivity contribution in [3.8, 4) is 5.75 Å². The zero-order chi connectivity index (χ0) is 23.7. The third kappa shape index (κ3) is 4.30. The number of para-hydroxylation sites is 2. The SMILES string of the molecule is COc1ccc(C2N=C(Nc3nc4ccccc4o3)NC(C)=C2C(=O)Nc2nncs2)c(Cl)c1. The second-order valence-electron chi connectivity index (χ2n) is 7.24. The molecule has 0 spiro atoms. The molecular formula is C22H18ClN7O3S. The molecule has 1 aliphatic rings. The molecule has 3 N–H and O–H groups in total. The molecule has 1 amide bonds. The fraction of sp³-hybridized carbons (Fsp3) is 0.136. The molecule has 0 bridgehead atoms. The number of guanidine groups is 1. The molecule has 1 unspecified atom stereocenters. The van der Waals surface area contributed by atoms with E-state index >= 15 is 0 Å². The van der Waals surface area contributed by atoms with Crippen LogP contribution in [0.3, 0.4) is 0 Å². The quantitative estimate of drug-likeness (QED) is 0.372. The van der Waals surface area contributed by atoms with E-state index in [4.69, 9.17) is 25.7 Å². The Kier molecular flexibility index (Phi) is 5.86. The van der Waals surface area contributed by atoms with Crippen molar-refractivity contribution >= 4 is 57.1 Å². The lowest BCUT2D eigenvalue weighted by molar-refractivity contribution is -0.113. The van der Waals surface area contributed by atoms with Gasteiger partial charge in [0.25, 0.3) is 5.91 Å². The van der Waals surface area contributed by atoms with E-state index in [1.165, 1.54) is 16.8 Å². The van der Waals surface area contributed by atoms with Crippen molar-refractivity contribution in [2.75, 3.05) is 17.7 Å². The molecule has 5 rings (SSSR count). The van der Waals surface area contributed by atoms with Gasteiger partial charge in [0.1, 0.15) is 22.8 Å². The lowest BCUT2D eigenvalue weighted by Gasteiger charge is -2.26. The Labute approximate surface area is 202 Å². The predicted molar refractivity (Wildman–Crippen MR) is 130 cm³/mol. The summed E-state index contributed by atoms with van der Waals surface area (Å²) < 4.78 is 11.0. The number of fused-ring (bicyclic) bond motifs is 1. The maximum atomic E-state index is 13.2. The van der Waals surface area contributed by atoms with Gasteiger partial charge in [0.15, 0.2) is 5.58 Å². The number of rotatable bonds is 5. The molecular weight excluding hydrogens is 478 g/mol. The molecule has 0 fully saturated rings. The molecule has 12 heteroatoms. The summed E-state index contributed by atoms with van der Waals surface area (Å²) in [6.07, 6.45) is 0. The average Bonchev–Trinajstić information content (AvgIpc) is 3.47. The monoisotopic (exact) mass is 495 g/mol. The first kappa shape index (κ1) is 21.9. The number of hydrogen-bond acceptors (Lipinski definition) is 10. The third-order valence-corrected chi connectivity index (χ3v) is 6.02. The van der Waals surface area contributed by atoms with Gasteiger partial charge >= 0.3 is 6.01 Å². The Hall–Kier alpha value is -3.96. The standard InChI is InChI=1S/C22H18ClN7O3S/c1-11-17(19(31)28-22-30-24-10-34-22)18(13-8-7-12(32-2)9-14(13)23)27-20(25-11)29-21-26-15-5-3-4-6-16(15)33-21/h3-10,18H,1-2H3,(H,28,30,31)(H2,25,26,27,29). The van der Waals surface area contributed by atoms with Crippen LogP contribution in [0.25, 0.3) is 11.1 Å². The first-order chi connectivity index (χ1) is 16.5. The van der Waals surface area contributed by atoms with Crippen LogP contribution in [0.15, 0.2) is 68.7 Å². The van der Waals surface area contributed by atoms with Gasteiger partial charge in [-0.2, -0.15) is 4.98 Å². The van der Waals surface area contributed by atoms with Gasteiger partial charge in [0, 0.05) is 16.3 Å². The number of carbonyl (C=O) groups is 1. The third-order valence-electron chi connectivity index (χ3n) is 5.09. The normalized spacial score (nSPS) is 15.6. The van der Waals surface area contributed by atoms with Crippen molar-refractivity contribution in [2.24, 2.45) is 4.99 Å². The summed E-state index contributed by atoms with van der Waals surface area (Å²) in [6.45, 7) is 1.78. The Morgan fingerprint density at radius 1 is 1.26 bits per heavy atom. The van der Waals surface area contributed by atoms with Crippen LogP contribution in [0, 0.1) is 0 Å². The molecule has 0 saturated heterocycles. The number of carbonyl (C=O) groups excluding carboxylic acids is 1. The molecule has 0 radical (unpaired) electrons. The summed E-state index contributed by atoms with van der Waals surface area (Å²) in [6, 6.07) is 12.2. The van der Waals surface area contributed by atoms with Crippen molar-refractivity contribution in [1.29, 1.82) is 0 Å². The molecule has 10 nitrogen and oxygen atoms in total. The lowest BCUT2D eigenvalue weighted by atomic mass is 9.95. The second kappa shape index (κ2) is 9.12. The summed E-state index contributed by atoms with van der Waals surface area (Å²) in [7, 11) is 1.56. The Balaban J connectivity index is 1.52. The number of methoxy groups -OCH3 is 1. The molecule has 1 aliphatic heterocycles. The van der Waals surface area contributed by atoms with Crippen LogP contribution in [-0.4, -0.2) is 34.2 Å². The van der Waals surface area contributed by atoms with Gasteiger partial charge < -0.3 is 14.5 Å². The number of benzene rings is 2. The van der Waals surface area contributed by atoms with Crippen LogP contribution in [0.2, 0.25) is 5.02 Å². The fourth-order valence-electron chi connectivity index (χ4n) is 3.53. The number of allylic oxidation sites excluding steroid dienone is 1. The number of nitrogens with zero attached hydrogens (tertiary/aromatic N) is 4. The minimum atomic E-state index is -0.723. The number of amides is 1. The first-order valence-electron chi connectivity index (χ1n) is 10.1. The topological polar surface area (TPSA) is 127 Å². The van der Waals surface area contributed by atoms with Crippen molar-refractivity contribution < 1.29 is 13.9 Å². The van der Waals surface area contributed by atoms with E-state index in [0.29, 0.717) is 49.8 Å². The predicted octanol–water partition coefficient (Wildman–Crippen LogP) is 4.37. The molecule has 2 aromatic heterocycles. The van der Waals surface area contributed by atoms with Crippen LogP contribution in [0.4, 0.5) is 11.1 Å². The second-order valence-corrected chi connectivity index (χ2v) is 8.48. The largest absolute Gasteiger partial charge is 0.497 e. The number of aliphatic imine (C=N–C) groups is 1. The number of aromatic nitrogens is 3. The summed E-state index contributed by atoms with van der Waals surface area (Å²) in [5, 5.41) is 17.4. The van der Waals surface area contributed by atoms with Crippen LogP contribution in [0.1, 0.15) is 18.5 Å². The van der Waals surface area contributed by atoms with E-state index in [1.807, 2.05) is 24.3 Å². The van der Waals surface area contributed by atoms with Crippen molar-refractivity contribution in [1.82, 2.24) is 20.5 Å². The van der Waals surface area contributed by atoms with E-state index in [9.17, 15) is 4.79 Å². The van der Waals surface area contributed by atoms with Gasteiger partial charge in [-0.15, -0.1) is 10.2 Å².